The summed E-state index contributed by atoms with van der Waals surface area (Å²) < 4.78 is 10.6. The van der Waals surface area contributed by atoms with E-state index in [0.29, 0.717) is 10.9 Å². The molecule has 2 unspecified atom stereocenters. The lowest BCUT2D eigenvalue weighted by Gasteiger charge is -2.16. The first-order valence-electron chi connectivity index (χ1n) is 5.89. The predicted octanol–water partition coefficient (Wildman–Crippen LogP) is 2.10. The minimum atomic E-state index is -0.973. The summed E-state index contributed by atoms with van der Waals surface area (Å²) in [4.78, 5) is 21.9. The van der Waals surface area contributed by atoms with Crippen molar-refractivity contribution in [3.63, 3.8) is 0 Å². The van der Waals surface area contributed by atoms with Crippen LogP contribution < -0.4 is 4.74 Å². The van der Waals surface area contributed by atoms with Crippen molar-refractivity contribution in [2.75, 3.05) is 6.61 Å². The van der Waals surface area contributed by atoms with Gasteiger partial charge in [-0.2, -0.15) is 0 Å². The van der Waals surface area contributed by atoms with Crippen LogP contribution >= 0.6 is 15.9 Å². The van der Waals surface area contributed by atoms with E-state index in [4.69, 9.17) is 9.47 Å². The predicted molar refractivity (Wildman–Crippen MR) is 71.4 cm³/mol. The Morgan fingerprint density at radius 2 is 2.30 bits per heavy atom. The van der Waals surface area contributed by atoms with Gasteiger partial charge < -0.3 is 14.6 Å². The highest BCUT2D eigenvalue weighted by atomic mass is 79.9. The molecule has 1 N–H and O–H groups in total. The number of ether oxygens (including phenoxy) is 2. The third kappa shape index (κ3) is 2.91. The first kappa shape index (κ1) is 14.7. The van der Waals surface area contributed by atoms with E-state index in [1.807, 2.05) is 0 Å². The van der Waals surface area contributed by atoms with Gasteiger partial charge in [0.2, 0.25) is 5.75 Å². The maximum Gasteiger partial charge on any atom is 0.347 e. The van der Waals surface area contributed by atoms with Crippen LogP contribution in [0.4, 0.5) is 5.69 Å². The van der Waals surface area contributed by atoms with Crippen LogP contribution in [0.5, 0.6) is 5.75 Å². The number of hydrogen-bond acceptors (Lipinski definition) is 6. The molecule has 0 amide bonds. The maximum atomic E-state index is 11.4. The first-order chi connectivity index (χ1) is 9.40. The van der Waals surface area contributed by atoms with Gasteiger partial charge in [-0.25, -0.2) is 4.79 Å². The molecule has 0 saturated carbocycles. The quantitative estimate of drug-likeness (QED) is 0.509. The molecule has 0 aliphatic carbocycles. The van der Waals surface area contributed by atoms with Crippen molar-refractivity contribution in [1.29, 1.82) is 0 Å². The van der Waals surface area contributed by atoms with E-state index >= 15 is 0 Å². The Morgan fingerprint density at radius 3 is 2.80 bits per heavy atom. The summed E-state index contributed by atoms with van der Waals surface area (Å²) in [6.07, 6.45) is -1.53. The van der Waals surface area contributed by atoms with Gasteiger partial charge in [-0.3, -0.25) is 10.1 Å². The number of nitro benzene ring substituents is 1. The second-order valence-corrected chi connectivity index (χ2v) is 5.25. The van der Waals surface area contributed by atoms with Gasteiger partial charge >= 0.3 is 11.7 Å². The molecule has 1 heterocycles. The van der Waals surface area contributed by atoms with Gasteiger partial charge in [0.1, 0.15) is 0 Å². The number of benzene rings is 1. The molecule has 0 spiro atoms. The normalized spacial score (nSPS) is 19.6. The van der Waals surface area contributed by atoms with E-state index in [1.165, 1.54) is 19.1 Å². The van der Waals surface area contributed by atoms with Crippen LogP contribution in [-0.4, -0.2) is 28.7 Å². The molecule has 0 aromatic heterocycles. The lowest BCUT2D eigenvalue weighted by atomic mass is 10.1. The fourth-order valence-corrected chi connectivity index (χ4v) is 2.36. The highest BCUT2D eigenvalue weighted by Crippen LogP contribution is 2.39. The maximum absolute atomic E-state index is 11.4. The average molecular weight is 346 g/mol. The molecule has 8 heteroatoms. The topological polar surface area (TPSA) is 98.9 Å². The fourth-order valence-electron chi connectivity index (χ4n) is 1.90. The van der Waals surface area contributed by atoms with Gasteiger partial charge in [0.05, 0.1) is 17.6 Å². The summed E-state index contributed by atoms with van der Waals surface area (Å²) in [6, 6.07) is 2.79. The van der Waals surface area contributed by atoms with Gasteiger partial charge in [-0.1, -0.05) is 15.9 Å². The highest BCUT2D eigenvalue weighted by molar-refractivity contribution is 9.10. The van der Waals surface area contributed by atoms with E-state index in [9.17, 15) is 20.0 Å². The Bertz CT molecular complexity index is 559. The van der Waals surface area contributed by atoms with E-state index in [1.54, 1.807) is 0 Å². The fraction of sp³-hybridized carbons (Fsp3) is 0.417. The molecule has 1 fully saturated rings. The van der Waals surface area contributed by atoms with Gasteiger partial charge in [0.15, 0.2) is 6.10 Å². The van der Waals surface area contributed by atoms with E-state index in [-0.39, 0.29) is 23.6 Å². The van der Waals surface area contributed by atoms with Crippen molar-refractivity contribution < 1.29 is 24.3 Å². The monoisotopic (exact) mass is 345 g/mol. The number of carbonyl (C=O) groups excluding carboxylic acids is 1. The SMILES string of the molecule is CC(O)c1cc(Br)cc([N+](=O)[O-])c1OC1CCOC1=O. The smallest absolute Gasteiger partial charge is 0.347 e. The Balaban J connectivity index is 2.47. The van der Waals surface area contributed by atoms with Crippen molar-refractivity contribution in [1.82, 2.24) is 0 Å². The zero-order chi connectivity index (χ0) is 14.9. The summed E-state index contributed by atoms with van der Waals surface area (Å²) >= 11 is 3.15. The molecule has 108 valence electrons. The number of halogens is 1. The number of cyclic esters (lactones) is 1. The molecule has 2 rings (SSSR count). The minimum absolute atomic E-state index is 0.1000. The van der Waals surface area contributed by atoms with Crippen LogP contribution in [0, 0.1) is 10.1 Å². The Hall–Kier alpha value is -1.67. The van der Waals surface area contributed by atoms with Crippen molar-refractivity contribution in [3.05, 3.63) is 32.3 Å². The van der Waals surface area contributed by atoms with Gasteiger partial charge in [0.25, 0.3) is 0 Å². The van der Waals surface area contributed by atoms with Crippen LogP contribution in [0.2, 0.25) is 0 Å². The van der Waals surface area contributed by atoms with Gasteiger partial charge in [0, 0.05) is 22.5 Å². The molecule has 1 aliphatic rings. The van der Waals surface area contributed by atoms with Crippen molar-refractivity contribution >= 4 is 27.6 Å². The summed E-state index contributed by atoms with van der Waals surface area (Å²) in [5, 5.41) is 20.8. The molecule has 1 aliphatic heterocycles. The second kappa shape index (κ2) is 5.76. The molecule has 1 saturated heterocycles. The number of nitro groups is 1. The standard InChI is InChI=1S/C12H12BrNO6/c1-6(15)8-4-7(13)5-9(14(17)18)11(8)20-10-2-3-19-12(10)16/h4-6,10,15H,2-3H2,1H3. The number of carbonyl (C=O) groups is 1. The Morgan fingerprint density at radius 1 is 1.60 bits per heavy atom. The number of rotatable bonds is 4. The zero-order valence-electron chi connectivity index (χ0n) is 10.5. The molecule has 20 heavy (non-hydrogen) atoms. The molecular weight excluding hydrogens is 334 g/mol. The van der Waals surface area contributed by atoms with Crippen LogP contribution in [0.3, 0.4) is 0 Å². The number of hydrogen-bond donors (Lipinski definition) is 1. The number of esters is 1. The van der Waals surface area contributed by atoms with Crippen LogP contribution in [0.15, 0.2) is 16.6 Å². The number of aliphatic hydroxyl groups is 1. The summed E-state index contributed by atoms with van der Waals surface area (Å²) in [5.74, 6) is -0.657. The minimum Gasteiger partial charge on any atom is -0.471 e. The molecule has 1 aromatic carbocycles. The lowest BCUT2D eigenvalue weighted by molar-refractivity contribution is -0.386. The molecule has 7 nitrogen and oxygen atoms in total. The van der Waals surface area contributed by atoms with Crippen LogP contribution in [-0.2, 0) is 9.53 Å². The van der Waals surface area contributed by atoms with Crippen molar-refractivity contribution in [3.8, 4) is 5.75 Å². The van der Waals surface area contributed by atoms with E-state index in [0.717, 1.165) is 0 Å². The molecule has 0 bridgehead atoms. The number of aliphatic hydroxyl groups excluding tert-OH is 1. The largest absolute Gasteiger partial charge is 0.471 e. The second-order valence-electron chi connectivity index (χ2n) is 4.34. The van der Waals surface area contributed by atoms with E-state index < -0.39 is 23.1 Å². The van der Waals surface area contributed by atoms with Crippen LogP contribution in [0.25, 0.3) is 0 Å². The van der Waals surface area contributed by atoms with Gasteiger partial charge in [-0.15, -0.1) is 0 Å². The molecule has 0 radical (unpaired) electrons. The summed E-state index contributed by atoms with van der Waals surface area (Å²) in [5.41, 5.74) is -0.0687. The number of nitrogens with zero attached hydrogens (tertiary/aromatic N) is 1. The van der Waals surface area contributed by atoms with Crippen molar-refractivity contribution in [2.24, 2.45) is 0 Å². The summed E-state index contributed by atoms with van der Waals surface area (Å²) in [6.45, 7) is 1.68. The molecule has 1 aromatic rings. The Kier molecular flexibility index (Phi) is 4.24. The first-order valence-corrected chi connectivity index (χ1v) is 6.68. The van der Waals surface area contributed by atoms with Gasteiger partial charge in [-0.05, 0) is 13.0 Å². The summed E-state index contributed by atoms with van der Waals surface area (Å²) in [7, 11) is 0. The zero-order valence-corrected chi connectivity index (χ0v) is 12.1. The van der Waals surface area contributed by atoms with Crippen molar-refractivity contribution in [2.45, 2.75) is 25.6 Å². The average Bonchev–Trinajstić information content (AvgIpc) is 2.76. The Labute approximate surface area is 122 Å². The molecular formula is C12H12BrNO6. The third-order valence-electron chi connectivity index (χ3n) is 2.86. The van der Waals surface area contributed by atoms with Crippen LogP contribution in [0.1, 0.15) is 25.0 Å². The highest BCUT2D eigenvalue weighted by Gasteiger charge is 2.33. The lowest BCUT2D eigenvalue weighted by Crippen LogP contribution is -2.23. The third-order valence-corrected chi connectivity index (χ3v) is 3.31. The molecule has 2 atom stereocenters. The van der Waals surface area contributed by atoms with E-state index in [2.05, 4.69) is 15.9 Å².